The zero-order valence-electron chi connectivity index (χ0n) is 20.1. The number of benzene rings is 1. The predicted octanol–water partition coefficient (Wildman–Crippen LogP) is 3.98. The van der Waals surface area contributed by atoms with E-state index in [9.17, 15) is 9.59 Å². The number of fused-ring (bicyclic) bond motifs is 1. The van der Waals surface area contributed by atoms with Crippen molar-refractivity contribution in [2.24, 2.45) is 0 Å². The van der Waals surface area contributed by atoms with Gasteiger partial charge in [-0.1, -0.05) is 19.9 Å². The van der Waals surface area contributed by atoms with Crippen LogP contribution in [0.4, 0.5) is 10.7 Å². The average Bonchev–Trinajstić information content (AvgIpc) is 2.76. The fourth-order valence-corrected chi connectivity index (χ4v) is 4.31. The van der Waals surface area contributed by atoms with Crippen molar-refractivity contribution in [3.05, 3.63) is 41.6 Å². The van der Waals surface area contributed by atoms with Gasteiger partial charge in [0.15, 0.2) is 0 Å². The summed E-state index contributed by atoms with van der Waals surface area (Å²) < 4.78 is 5.52. The number of anilines is 1. The predicted molar refractivity (Wildman–Crippen MR) is 127 cm³/mol. The molecule has 0 aliphatic carbocycles. The van der Waals surface area contributed by atoms with Crippen LogP contribution < -0.4 is 10.6 Å². The third-order valence-electron chi connectivity index (χ3n) is 6.04. The van der Waals surface area contributed by atoms with Gasteiger partial charge in [-0.3, -0.25) is 4.79 Å². The number of hydrogen-bond acceptors (Lipinski definition) is 6. The zero-order valence-corrected chi connectivity index (χ0v) is 20.1. The maximum Gasteiger partial charge on any atom is 0.410 e. The van der Waals surface area contributed by atoms with Gasteiger partial charge in [0.05, 0.1) is 5.69 Å². The van der Waals surface area contributed by atoms with Gasteiger partial charge in [-0.2, -0.15) is 0 Å². The van der Waals surface area contributed by atoms with Crippen LogP contribution in [0, 0.1) is 0 Å². The van der Waals surface area contributed by atoms with Gasteiger partial charge in [0.2, 0.25) is 5.95 Å². The van der Waals surface area contributed by atoms with Crippen molar-refractivity contribution in [2.45, 2.75) is 64.5 Å². The molecule has 4 rings (SSSR count). The quantitative estimate of drug-likeness (QED) is 0.733. The molecule has 0 saturated carbocycles. The Hall–Kier alpha value is -3.16. The Kier molecular flexibility index (Phi) is 6.03. The first-order valence-electron chi connectivity index (χ1n) is 11.5. The molecule has 8 heteroatoms. The number of nitrogens with zero attached hydrogens (tertiary/aromatic N) is 3. The van der Waals surface area contributed by atoms with Crippen molar-refractivity contribution in [2.75, 3.05) is 25.0 Å². The summed E-state index contributed by atoms with van der Waals surface area (Å²) in [4.78, 5) is 35.6. The minimum atomic E-state index is -0.515. The third-order valence-corrected chi connectivity index (χ3v) is 6.04. The van der Waals surface area contributed by atoms with Crippen molar-refractivity contribution in [3.63, 3.8) is 0 Å². The Morgan fingerprint density at radius 2 is 2.06 bits per heavy atom. The normalized spacial score (nSPS) is 20.0. The molecule has 33 heavy (non-hydrogen) atoms. The summed E-state index contributed by atoms with van der Waals surface area (Å²) in [6.07, 6.45) is 3.26. The molecule has 3 heterocycles. The molecule has 1 fully saturated rings. The fraction of sp³-hybridized carbons (Fsp3) is 0.520. The molecule has 2 aliphatic rings. The van der Waals surface area contributed by atoms with Gasteiger partial charge in [-0.15, -0.1) is 0 Å². The van der Waals surface area contributed by atoms with Crippen LogP contribution >= 0.6 is 0 Å². The number of piperidine rings is 1. The van der Waals surface area contributed by atoms with Gasteiger partial charge in [0.1, 0.15) is 5.60 Å². The molecule has 176 valence electrons. The lowest BCUT2D eigenvalue weighted by Crippen LogP contribution is -2.47. The Balaban J connectivity index is 1.50. The van der Waals surface area contributed by atoms with E-state index < -0.39 is 5.60 Å². The monoisotopic (exact) mass is 451 g/mol. The molecule has 8 nitrogen and oxygen atoms in total. The molecule has 1 saturated heterocycles. The summed E-state index contributed by atoms with van der Waals surface area (Å²) in [7, 11) is 0. The van der Waals surface area contributed by atoms with E-state index in [1.165, 1.54) is 0 Å². The zero-order chi connectivity index (χ0) is 23.8. The number of ether oxygens (including phenoxy) is 1. The highest BCUT2D eigenvalue weighted by atomic mass is 16.6. The fourth-order valence-electron chi connectivity index (χ4n) is 4.31. The molecule has 2 aromatic rings. The number of likely N-dealkylation sites (tertiary alicyclic amines) is 1. The highest BCUT2D eigenvalue weighted by Gasteiger charge is 2.32. The second-order valence-electron chi connectivity index (χ2n) is 10.5. The van der Waals surface area contributed by atoms with Gasteiger partial charge in [-0.25, -0.2) is 14.8 Å². The van der Waals surface area contributed by atoms with Crippen molar-refractivity contribution in [1.82, 2.24) is 20.2 Å². The Labute approximate surface area is 195 Å². The van der Waals surface area contributed by atoms with E-state index in [0.717, 1.165) is 29.7 Å². The first kappa shape index (κ1) is 23.0. The van der Waals surface area contributed by atoms with Crippen LogP contribution in [0.1, 0.15) is 63.4 Å². The molecular formula is C25H33N5O3. The van der Waals surface area contributed by atoms with Crippen molar-refractivity contribution < 1.29 is 14.3 Å². The summed E-state index contributed by atoms with van der Waals surface area (Å²) in [5.41, 5.74) is 2.81. The molecule has 0 bridgehead atoms. The van der Waals surface area contributed by atoms with Gasteiger partial charge in [0.25, 0.3) is 5.91 Å². The molecule has 1 aromatic carbocycles. The summed E-state index contributed by atoms with van der Waals surface area (Å²) in [6.45, 7) is 11.7. The molecular weight excluding hydrogens is 418 g/mol. The molecule has 1 unspecified atom stereocenters. The topological polar surface area (TPSA) is 96.5 Å². The Morgan fingerprint density at radius 1 is 1.27 bits per heavy atom. The molecule has 2 amide bonds. The lowest BCUT2D eigenvalue weighted by molar-refractivity contribution is 0.0206. The first-order chi connectivity index (χ1) is 15.5. The molecule has 1 atom stereocenters. The second kappa shape index (κ2) is 8.65. The van der Waals surface area contributed by atoms with E-state index in [1.807, 2.05) is 39.0 Å². The van der Waals surface area contributed by atoms with Crippen molar-refractivity contribution in [1.29, 1.82) is 0 Å². The maximum absolute atomic E-state index is 12.5. The van der Waals surface area contributed by atoms with Gasteiger partial charge < -0.3 is 20.3 Å². The highest BCUT2D eigenvalue weighted by molar-refractivity contribution is 5.98. The van der Waals surface area contributed by atoms with Crippen LogP contribution in [0.3, 0.4) is 0 Å². The largest absolute Gasteiger partial charge is 0.444 e. The Bertz CT molecular complexity index is 1060. The molecule has 2 aliphatic heterocycles. The van der Waals surface area contributed by atoms with E-state index >= 15 is 0 Å². The third kappa shape index (κ3) is 5.26. The minimum Gasteiger partial charge on any atom is -0.444 e. The number of hydrogen-bond donors (Lipinski definition) is 2. The maximum atomic E-state index is 12.5. The number of carbonyl (C=O) groups is 2. The lowest BCUT2D eigenvalue weighted by atomic mass is 9.78. The molecule has 1 aromatic heterocycles. The minimum absolute atomic E-state index is 0.0345. The Morgan fingerprint density at radius 3 is 2.82 bits per heavy atom. The molecule has 0 radical (unpaired) electrons. The summed E-state index contributed by atoms with van der Waals surface area (Å²) in [5, 5.41) is 6.34. The van der Waals surface area contributed by atoms with Gasteiger partial charge >= 0.3 is 6.09 Å². The van der Waals surface area contributed by atoms with Gasteiger partial charge in [-0.05, 0) is 57.4 Å². The number of aromatic nitrogens is 2. The van der Waals surface area contributed by atoms with E-state index in [-0.39, 0.29) is 23.5 Å². The number of carbonyl (C=O) groups excluding carboxylic acids is 2. The summed E-state index contributed by atoms with van der Waals surface area (Å²) in [5.74, 6) is 0.492. The first-order valence-corrected chi connectivity index (χ1v) is 11.5. The SMILES string of the molecule is CC(C)(C)OC(=O)N1CCCC(Nc2nccc(-c3ccc4c(c3)C(C)(C)CNC4=O)n2)C1. The van der Waals surface area contributed by atoms with E-state index in [0.29, 0.717) is 31.1 Å². The number of amides is 2. The van der Waals surface area contributed by atoms with E-state index in [4.69, 9.17) is 9.72 Å². The standard InChI is InChI=1S/C25H33N5O3/c1-24(2,3)33-23(32)30-12-6-7-17(14-30)28-22-26-11-10-20(29-22)16-8-9-18-19(13-16)25(4,5)15-27-21(18)31/h8-11,13,17H,6-7,12,14-15H2,1-5H3,(H,27,31)(H,26,28,29). The summed E-state index contributed by atoms with van der Waals surface area (Å²) >= 11 is 0. The van der Waals surface area contributed by atoms with Crippen molar-refractivity contribution in [3.8, 4) is 11.3 Å². The van der Waals surface area contributed by atoms with Crippen LogP contribution in [-0.2, 0) is 10.2 Å². The highest BCUT2D eigenvalue weighted by Crippen LogP contribution is 2.33. The number of rotatable bonds is 3. The summed E-state index contributed by atoms with van der Waals surface area (Å²) in [6, 6.07) is 7.78. The second-order valence-corrected chi connectivity index (χ2v) is 10.5. The van der Waals surface area contributed by atoms with Crippen LogP contribution in [-0.4, -0.2) is 58.1 Å². The van der Waals surface area contributed by atoms with Crippen molar-refractivity contribution >= 4 is 17.9 Å². The molecule has 2 N–H and O–H groups in total. The average molecular weight is 452 g/mol. The van der Waals surface area contributed by atoms with Crippen LogP contribution in [0.15, 0.2) is 30.5 Å². The van der Waals surface area contributed by atoms with Crippen LogP contribution in [0.25, 0.3) is 11.3 Å². The number of nitrogens with one attached hydrogen (secondary N) is 2. The van der Waals surface area contributed by atoms with Crippen LogP contribution in [0.2, 0.25) is 0 Å². The van der Waals surface area contributed by atoms with Gasteiger partial charge in [0, 0.05) is 48.4 Å². The van der Waals surface area contributed by atoms with E-state index in [2.05, 4.69) is 35.5 Å². The molecule has 0 spiro atoms. The lowest BCUT2D eigenvalue weighted by Gasteiger charge is -2.34. The van der Waals surface area contributed by atoms with Crippen LogP contribution in [0.5, 0.6) is 0 Å². The van der Waals surface area contributed by atoms with E-state index in [1.54, 1.807) is 11.1 Å². The smallest absolute Gasteiger partial charge is 0.410 e.